The number of amides is 4. The van der Waals surface area contributed by atoms with Gasteiger partial charge in [0.15, 0.2) is 0 Å². The van der Waals surface area contributed by atoms with Crippen LogP contribution in [0.25, 0.3) is 0 Å². The van der Waals surface area contributed by atoms with Crippen LogP contribution >= 0.6 is 11.6 Å². The van der Waals surface area contributed by atoms with E-state index in [4.69, 9.17) is 21.4 Å². The summed E-state index contributed by atoms with van der Waals surface area (Å²) in [5, 5.41) is 17.6. The van der Waals surface area contributed by atoms with Gasteiger partial charge in [0, 0.05) is 23.8 Å². The van der Waals surface area contributed by atoms with Crippen LogP contribution in [-0.4, -0.2) is 54.0 Å². The minimum Gasteiger partial charge on any atom is -0.495 e. The van der Waals surface area contributed by atoms with Crippen molar-refractivity contribution in [2.24, 2.45) is 0 Å². The fraction of sp³-hybridized carbons (Fsp3) is 0.241. The highest BCUT2D eigenvalue weighted by atomic mass is 35.5. The Kier molecular flexibility index (Phi) is 10.9. The molecular formula is C29H31ClN4O6. The lowest BCUT2D eigenvalue weighted by Crippen LogP contribution is -2.41. The third-order valence-corrected chi connectivity index (χ3v) is 6.34. The third-order valence-electron chi connectivity index (χ3n) is 5.98. The first-order chi connectivity index (χ1) is 19.2. The van der Waals surface area contributed by atoms with Gasteiger partial charge < -0.3 is 30.7 Å². The van der Waals surface area contributed by atoms with Gasteiger partial charge in [0.25, 0.3) is 0 Å². The molecule has 4 N–H and O–H groups in total. The second-order valence-electron chi connectivity index (χ2n) is 8.93. The van der Waals surface area contributed by atoms with Crippen LogP contribution in [0, 0.1) is 6.92 Å². The first-order valence-electron chi connectivity index (χ1n) is 12.5. The maximum absolute atomic E-state index is 12.8. The third kappa shape index (κ3) is 9.02. The number of hydrogen-bond acceptors (Lipinski definition) is 5. The predicted octanol–water partition coefficient (Wildman–Crippen LogP) is 4.46. The molecule has 210 valence electrons. The summed E-state index contributed by atoms with van der Waals surface area (Å²) in [4.78, 5) is 50.3. The summed E-state index contributed by atoms with van der Waals surface area (Å²) in [6, 6.07) is 18.8. The summed E-state index contributed by atoms with van der Waals surface area (Å²) < 4.78 is 5.39. The summed E-state index contributed by atoms with van der Waals surface area (Å²) in [5.41, 5.74) is 3.28. The van der Waals surface area contributed by atoms with E-state index in [1.165, 1.54) is 12.0 Å². The molecule has 0 spiro atoms. The second-order valence-corrected chi connectivity index (χ2v) is 9.34. The molecule has 0 saturated carbocycles. The molecule has 11 heteroatoms. The molecule has 0 heterocycles. The first-order valence-corrected chi connectivity index (χ1v) is 12.8. The minimum atomic E-state index is -1.04. The van der Waals surface area contributed by atoms with Crippen LogP contribution in [0.15, 0.2) is 66.7 Å². The summed E-state index contributed by atoms with van der Waals surface area (Å²) >= 11 is 6.20. The summed E-state index contributed by atoms with van der Waals surface area (Å²) in [5.74, 6) is -1.53. The molecular weight excluding hydrogens is 536 g/mol. The molecule has 0 radical (unpaired) electrons. The highest BCUT2D eigenvalue weighted by Gasteiger charge is 2.18. The number of rotatable bonds is 12. The number of aryl methyl sites for hydroxylation is 1. The summed E-state index contributed by atoms with van der Waals surface area (Å²) in [7, 11) is 1.45. The van der Waals surface area contributed by atoms with Crippen LogP contribution in [0.3, 0.4) is 0 Å². The topological polar surface area (TPSA) is 137 Å². The van der Waals surface area contributed by atoms with Gasteiger partial charge in [0.1, 0.15) is 5.75 Å². The lowest BCUT2D eigenvalue weighted by Gasteiger charge is -2.23. The number of nitrogens with one attached hydrogen (secondary N) is 3. The number of carbonyl (C=O) groups excluding carboxylic acids is 3. The molecule has 3 rings (SSSR count). The van der Waals surface area contributed by atoms with E-state index in [0.717, 1.165) is 5.56 Å². The number of ether oxygens (including phenoxy) is 1. The van der Waals surface area contributed by atoms with Gasteiger partial charge in [-0.3, -0.25) is 14.4 Å². The van der Waals surface area contributed by atoms with Crippen molar-refractivity contribution in [3.05, 3.63) is 88.4 Å². The fourth-order valence-electron chi connectivity index (χ4n) is 3.83. The van der Waals surface area contributed by atoms with Gasteiger partial charge in [-0.2, -0.15) is 0 Å². The van der Waals surface area contributed by atoms with Gasteiger partial charge in [0.05, 0.1) is 32.2 Å². The molecule has 0 aliphatic heterocycles. The number of anilines is 2. The Morgan fingerprint density at radius 3 is 2.35 bits per heavy atom. The van der Waals surface area contributed by atoms with Crippen LogP contribution in [0.2, 0.25) is 5.02 Å². The van der Waals surface area contributed by atoms with Crippen LogP contribution in [0.4, 0.5) is 16.2 Å². The first kappa shape index (κ1) is 30.0. The van der Waals surface area contributed by atoms with Gasteiger partial charge in [0.2, 0.25) is 11.8 Å². The van der Waals surface area contributed by atoms with E-state index < -0.39 is 23.8 Å². The van der Waals surface area contributed by atoms with E-state index >= 15 is 0 Å². The molecule has 4 amide bonds. The van der Waals surface area contributed by atoms with Crippen LogP contribution < -0.4 is 20.7 Å². The number of nitrogens with zero attached hydrogens (tertiary/aromatic N) is 1. The lowest BCUT2D eigenvalue weighted by atomic mass is 10.1. The van der Waals surface area contributed by atoms with Gasteiger partial charge >= 0.3 is 12.0 Å². The Labute approximate surface area is 237 Å². The Hall–Kier alpha value is -4.57. The van der Waals surface area contributed by atoms with Crippen molar-refractivity contribution in [1.82, 2.24) is 10.2 Å². The van der Waals surface area contributed by atoms with Gasteiger partial charge in [-0.05, 0) is 47.9 Å². The normalized spacial score (nSPS) is 10.4. The van der Waals surface area contributed by atoms with Crippen molar-refractivity contribution in [3.8, 4) is 5.75 Å². The second kappa shape index (κ2) is 14.5. The summed E-state index contributed by atoms with van der Waals surface area (Å²) in [6.07, 6.45) is -0.285. The molecule has 0 saturated heterocycles. The van der Waals surface area contributed by atoms with Crippen molar-refractivity contribution in [2.75, 3.05) is 30.8 Å². The molecule has 0 bridgehead atoms. The zero-order valence-corrected chi connectivity index (χ0v) is 23.0. The molecule has 0 aliphatic rings. The number of halogens is 1. The lowest BCUT2D eigenvalue weighted by molar-refractivity contribution is -0.139. The largest absolute Gasteiger partial charge is 0.495 e. The zero-order valence-electron chi connectivity index (χ0n) is 22.2. The van der Waals surface area contributed by atoms with E-state index in [2.05, 4.69) is 16.0 Å². The number of carboxylic acids is 1. The Balaban J connectivity index is 1.57. The zero-order chi connectivity index (χ0) is 29.1. The number of methoxy groups -OCH3 is 1. The van der Waals surface area contributed by atoms with Crippen molar-refractivity contribution >= 4 is 46.8 Å². The quantitative estimate of drug-likeness (QED) is 0.255. The molecule has 0 atom stereocenters. The molecule has 10 nitrogen and oxygen atoms in total. The van der Waals surface area contributed by atoms with E-state index in [9.17, 15) is 19.2 Å². The van der Waals surface area contributed by atoms with Crippen LogP contribution in [-0.2, 0) is 27.3 Å². The van der Waals surface area contributed by atoms with Crippen molar-refractivity contribution < 1.29 is 29.0 Å². The van der Waals surface area contributed by atoms with Crippen molar-refractivity contribution in [3.63, 3.8) is 0 Å². The Morgan fingerprint density at radius 2 is 1.65 bits per heavy atom. The monoisotopic (exact) mass is 566 g/mol. The highest BCUT2D eigenvalue weighted by Crippen LogP contribution is 2.26. The Bertz CT molecular complexity index is 1380. The number of benzene rings is 3. The number of urea groups is 1. The maximum Gasteiger partial charge on any atom is 0.323 e. The number of aliphatic carboxylic acids is 1. The molecule has 0 aromatic heterocycles. The van der Waals surface area contributed by atoms with E-state index in [0.29, 0.717) is 33.3 Å². The Morgan fingerprint density at radius 1 is 0.950 bits per heavy atom. The SMILES string of the molecule is COc1cc(CC(=O)NCC(=O)N(CCC(=O)O)Cc2ccccc2Cl)ccc1NC(=O)Nc1ccccc1C. The molecule has 0 unspecified atom stereocenters. The predicted molar refractivity (Wildman–Crippen MR) is 153 cm³/mol. The van der Waals surface area contributed by atoms with E-state index in [-0.39, 0.29) is 32.5 Å². The molecule has 3 aromatic carbocycles. The fourth-order valence-corrected chi connectivity index (χ4v) is 4.02. The highest BCUT2D eigenvalue weighted by molar-refractivity contribution is 6.31. The molecule has 40 heavy (non-hydrogen) atoms. The van der Waals surface area contributed by atoms with Crippen LogP contribution in [0.5, 0.6) is 5.75 Å². The minimum absolute atomic E-state index is 0.0294. The van der Waals surface area contributed by atoms with Crippen molar-refractivity contribution in [1.29, 1.82) is 0 Å². The van der Waals surface area contributed by atoms with Gasteiger partial charge in [-0.1, -0.05) is 54.1 Å². The van der Waals surface area contributed by atoms with Gasteiger partial charge in [-0.15, -0.1) is 0 Å². The van der Waals surface area contributed by atoms with Gasteiger partial charge in [-0.25, -0.2) is 4.79 Å². The number of hydrogen-bond donors (Lipinski definition) is 4. The van der Waals surface area contributed by atoms with E-state index in [1.807, 2.05) is 25.1 Å². The molecule has 0 aliphatic carbocycles. The maximum atomic E-state index is 12.8. The average molecular weight is 567 g/mol. The number of carboxylic acid groups (broad SMARTS) is 1. The average Bonchev–Trinajstić information content (AvgIpc) is 2.92. The molecule has 0 fully saturated rings. The van der Waals surface area contributed by atoms with Crippen molar-refractivity contribution in [2.45, 2.75) is 26.3 Å². The van der Waals surface area contributed by atoms with Crippen LogP contribution in [0.1, 0.15) is 23.1 Å². The summed E-state index contributed by atoms with van der Waals surface area (Å²) in [6.45, 7) is 1.66. The standard InChI is InChI=1S/C29H31ClN4O6/c1-19-7-3-6-10-23(19)32-29(39)33-24-12-11-20(15-25(24)40-2)16-26(35)31-17-27(36)34(14-13-28(37)38)18-21-8-4-5-9-22(21)30/h3-12,15H,13-14,16-18H2,1-2H3,(H,31,35)(H,37,38)(H2,32,33,39). The van der Waals surface area contributed by atoms with E-state index in [1.54, 1.807) is 48.5 Å². The smallest absolute Gasteiger partial charge is 0.323 e. The molecule has 3 aromatic rings. The number of para-hydroxylation sites is 1. The number of carbonyl (C=O) groups is 4.